The Balaban J connectivity index is 3.29. The van der Waals surface area contributed by atoms with E-state index in [9.17, 15) is 22.4 Å². The molecule has 1 aromatic rings. The SMILES string of the molecule is O=CNc1cc(C(F)(F)F)cc(F)c1I. The quantitative estimate of drug-likeness (QED) is 0.503. The second-order valence-electron chi connectivity index (χ2n) is 2.58. The van der Waals surface area contributed by atoms with Crippen molar-refractivity contribution in [1.82, 2.24) is 0 Å². The zero-order valence-corrected chi connectivity index (χ0v) is 9.19. The van der Waals surface area contributed by atoms with Crippen LogP contribution in [0.25, 0.3) is 0 Å². The molecule has 0 radical (unpaired) electrons. The van der Waals surface area contributed by atoms with Crippen LogP contribution in [0.3, 0.4) is 0 Å². The van der Waals surface area contributed by atoms with Gasteiger partial charge in [0, 0.05) is 0 Å². The van der Waals surface area contributed by atoms with Gasteiger partial charge in [0.05, 0.1) is 14.8 Å². The van der Waals surface area contributed by atoms with Crippen LogP contribution in [-0.4, -0.2) is 6.41 Å². The van der Waals surface area contributed by atoms with E-state index in [1.54, 1.807) is 0 Å². The number of benzene rings is 1. The van der Waals surface area contributed by atoms with E-state index in [1.165, 1.54) is 22.6 Å². The lowest BCUT2D eigenvalue weighted by Gasteiger charge is -2.10. The van der Waals surface area contributed by atoms with Crippen molar-refractivity contribution in [2.75, 3.05) is 5.32 Å². The van der Waals surface area contributed by atoms with Crippen molar-refractivity contribution in [2.24, 2.45) is 0 Å². The zero-order valence-electron chi connectivity index (χ0n) is 7.03. The van der Waals surface area contributed by atoms with Crippen LogP contribution < -0.4 is 5.32 Å². The number of alkyl halides is 3. The van der Waals surface area contributed by atoms with Crippen molar-refractivity contribution in [3.8, 4) is 0 Å². The molecule has 0 aliphatic carbocycles. The van der Waals surface area contributed by atoms with E-state index in [-0.39, 0.29) is 15.7 Å². The van der Waals surface area contributed by atoms with Gasteiger partial charge >= 0.3 is 6.18 Å². The Bertz CT molecular complexity index is 391. The van der Waals surface area contributed by atoms with Crippen LogP contribution in [0.1, 0.15) is 5.56 Å². The van der Waals surface area contributed by atoms with Crippen molar-refractivity contribution in [3.05, 3.63) is 27.1 Å². The Morgan fingerprint density at radius 3 is 2.40 bits per heavy atom. The third-order valence-electron chi connectivity index (χ3n) is 1.57. The van der Waals surface area contributed by atoms with Crippen LogP contribution in [0, 0.1) is 9.39 Å². The highest BCUT2D eigenvalue weighted by atomic mass is 127. The van der Waals surface area contributed by atoms with E-state index in [0.717, 1.165) is 0 Å². The van der Waals surface area contributed by atoms with Gasteiger partial charge in [-0.15, -0.1) is 0 Å². The third kappa shape index (κ3) is 2.80. The molecular weight excluding hydrogens is 329 g/mol. The molecule has 0 bridgehead atoms. The standard InChI is InChI=1S/C8H4F4INO/c9-5-1-4(8(10,11)12)2-6(7(5)13)14-3-15/h1-3H,(H,14,15). The molecule has 0 aromatic heterocycles. The molecule has 0 unspecified atom stereocenters. The van der Waals surface area contributed by atoms with Crippen LogP contribution in [0.15, 0.2) is 12.1 Å². The molecule has 0 aliphatic heterocycles. The number of nitrogens with one attached hydrogen (secondary N) is 1. The van der Waals surface area contributed by atoms with Crippen molar-refractivity contribution >= 4 is 34.7 Å². The van der Waals surface area contributed by atoms with E-state index in [1.807, 2.05) is 5.32 Å². The van der Waals surface area contributed by atoms with Gasteiger partial charge in [0.1, 0.15) is 5.82 Å². The first-order valence-corrected chi connectivity index (χ1v) is 4.70. The smallest absolute Gasteiger partial charge is 0.328 e. The highest BCUT2D eigenvalue weighted by Crippen LogP contribution is 2.33. The van der Waals surface area contributed by atoms with Crippen molar-refractivity contribution in [2.45, 2.75) is 6.18 Å². The van der Waals surface area contributed by atoms with Gasteiger partial charge in [-0.25, -0.2) is 4.39 Å². The molecule has 0 spiro atoms. The Morgan fingerprint density at radius 2 is 1.93 bits per heavy atom. The minimum atomic E-state index is -4.63. The maximum absolute atomic E-state index is 13.0. The molecule has 0 aliphatic rings. The van der Waals surface area contributed by atoms with Crippen LogP contribution in [0.4, 0.5) is 23.2 Å². The molecule has 0 atom stereocenters. The molecule has 0 fully saturated rings. The first-order chi connectivity index (χ1) is 6.86. The molecule has 0 heterocycles. The van der Waals surface area contributed by atoms with Gasteiger partial charge in [-0.3, -0.25) is 4.79 Å². The Hall–Kier alpha value is -0.860. The summed E-state index contributed by atoms with van der Waals surface area (Å²) in [7, 11) is 0. The third-order valence-corrected chi connectivity index (χ3v) is 2.67. The average molecular weight is 333 g/mol. The van der Waals surface area contributed by atoms with E-state index in [4.69, 9.17) is 0 Å². The lowest BCUT2D eigenvalue weighted by atomic mass is 10.2. The first-order valence-electron chi connectivity index (χ1n) is 3.62. The lowest BCUT2D eigenvalue weighted by Crippen LogP contribution is -2.08. The van der Waals surface area contributed by atoms with Crippen molar-refractivity contribution in [1.29, 1.82) is 0 Å². The largest absolute Gasteiger partial charge is 0.416 e. The van der Waals surface area contributed by atoms with Crippen LogP contribution in [-0.2, 0) is 11.0 Å². The van der Waals surface area contributed by atoms with E-state index in [0.29, 0.717) is 12.1 Å². The van der Waals surface area contributed by atoms with Gasteiger partial charge in [-0.2, -0.15) is 13.2 Å². The maximum atomic E-state index is 13.0. The molecule has 0 saturated heterocycles. The maximum Gasteiger partial charge on any atom is 0.416 e. The average Bonchev–Trinajstić information content (AvgIpc) is 2.11. The number of carbonyl (C=O) groups excluding carboxylic acids is 1. The summed E-state index contributed by atoms with van der Waals surface area (Å²) < 4.78 is 49.7. The topological polar surface area (TPSA) is 29.1 Å². The summed E-state index contributed by atoms with van der Waals surface area (Å²) in [5.74, 6) is -1.02. The van der Waals surface area contributed by atoms with E-state index < -0.39 is 17.6 Å². The molecule has 1 amide bonds. The summed E-state index contributed by atoms with van der Waals surface area (Å²) in [4.78, 5) is 10.1. The van der Waals surface area contributed by atoms with Crippen LogP contribution >= 0.6 is 22.6 Å². The minimum absolute atomic E-state index is 0.0623. The lowest BCUT2D eigenvalue weighted by molar-refractivity contribution is -0.137. The number of hydrogen-bond acceptors (Lipinski definition) is 1. The predicted molar refractivity (Wildman–Crippen MR) is 53.8 cm³/mol. The number of carbonyl (C=O) groups is 1. The molecule has 82 valence electrons. The van der Waals surface area contributed by atoms with Gasteiger partial charge in [0.25, 0.3) is 0 Å². The molecule has 15 heavy (non-hydrogen) atoms. The van der Waals surface area contributed by atoms with Crippen LogP contribution in [0.5, 0.6) is 0 Å². The highest BCUT2D eigenvalue weighted by Gasteiger charge is 2.32. The minimum Gasteiger partial charge on any atom is -0.328 e. The van der Waals surface area contributed by atoms with Gasteiger partial charge < -0.3 is 5.32 Å². The number of anilines is 1. The summed E-state index contributed by atoms with van der Waals surface area (Å²) in [5, 5.41) is 2.00. The van der Waals surface area contributed by atoms with E-state index in [2.05, 4.69) is 0 Å². The summed E-state index contributed by atoms with van der Waals surface area (Å²) in [6, 6.07) is 1.07. The second kappa shape index (κ2) is 4.33. The number of amides is 1. The van der Waals surface area contributed by atoms with Gasteiger partial charge in [-0.05, 0) is 34.7 Å². The Labute approximate surface area is 95.8 Å². The van der Waals surface area contributed by atoms with Crippen LogP contribution in [0.2, 0.25) is 0 Å². The summed E-state index contributed by atoms with van der Waals surface area (Å²) in [6.07, 6.45) is -4.44. The molecule has 7 heteroatoms. The number of rotatable bonds is 2. The Kier molecular flexibility index (Phi) is 3.53. The first kappa shape index (κ1) is 12.2. The molecular formula is C8H4F4INO. The number of halogens is 5. The van der Waals surface area contributed by atoms with Crippen molar-refractivity contribution < 1.29 is 22.4 Å². The highest BCUT2D eigenvalue weighted by molar-refractivity contribution is 14.1. The summed E-state index contributed by atoms with van der Waals surface area (Å²) >= 11 is 1.51. The van der Waals surface area contributed by atoms with Gasteiger partial charge in [0.15, 0.2) is 0 Å². The summed E-state index contributed by atoms with van der Waals surface area (Å²) in [6.45, 7) is 0. The molecule has 1 aromatic carbocycles. The fourth-order valence-electron chi connectivity index (χ4n) is 0.921. The Morgan fingerprint density at radius 1 is 1.33 bits per heavy atom. The molecule has 1 rings (SSSR count). The predicted octanol–water partition coefficient (Wildman–Crippen LogP) is 3.02. The molecule has 0 saturated carbocycles. The van der Waals surface area contributed by atoms with Crippen molar-refractivity contribution in [3.63, 3.8) is 0 Å². The normalized spacial score (nSPS) is 11.3. The van der Waals surface area contributed by atoms with Gasteiger partial charge in [-0.1, -0.05) is 0 Å². The van der Waals surface area contributed by atoms with Gasteiger partial charge in [0.2, 0.25) is 6.41 Å². The molecule has 2 nitrogen and oxygen atoms in total. The molecule has 1 N–H and O–H groups in total. The monoisotopic (exact) mass is 333 g/mol. The fourth-order valence-corrected chi connectivity index (χ4v) is 1.39. The summed E-state index contributed by atoms with van der Waals surface area (Å²) in [5.41, 5.74) is -1.33. The zero-order chi connectivity index (χ0) is 11.6. The fraction of sp³-hybridized carbons (Fsp3) is 0.125. The second-order valence-corrected chi connectivity index (χ2v) is 3.66. The number of hydrogen-bond donors (Lipinski definition) is 1. The van der Waals surface area contributed by atoms with E-state index >= 15 is 0 Å².